The van der Waals surface area contributed by atoms with Crippen molar-refractivity contribution >= 4 is 11.8 Å². The molecule has 1 N–H and O–H groups in total. The van der Waals surface area contributed by atoms with Gasteiger partial charge in [0.25, 0.3) is 0 Å². The zero-order valence-electron chi connectivity index (χ0n) is 14.5. The van der Waals surface area contributed by atoms with Crippen molar-refractivity contribution in [3.63, 3.8) is 0 Å². The summed E-state index contributed by atoms with van der Waals surface area (Å²) in [6, 6.07) is 10.0. The minimum atomic E-state index is -0.0188. The summed E-state index contributed by atoms with van der Waals surface area (Å²) in [5.41, 5.74) is 1.18. The molecule has 132 valence electrons. The van der Waals surface area contributed by atoms with Gasteiger partial charge in [-0.05, 0) is 31.7 Å². The van der Waals surface area contributed by atoms with Gasteiger partial charge in [-0.15, -0.1) is 0 Å². The number of carbonyl (C=O) groups is 2. The first-order chi connectivity index (χ1) is 11.7. The van der Waals surface area contributed by atoms with Gasteiger partial charge in [0.2, 0.25) is 11.8 Å². The lowest BCUT2D eigenvalue weighted by atomic mass is 9.94. The third kappa shape index (κ3) is 5.06. The Kier molecular flexibility index (Phi) is 7.25. The number of rotatable bonds is 7. The van der Waals surface area contributed by atoms with E-state index in [9.17, 15) is 9.59 Å². The van der Waals surface area contributed by atoms with Crippen molar-refractivity contribution in [1.82, 2.24) is 9.80 Å². The fraction of sp³-hybridized carbons (Fsp3) is 0.579. The molecule has 0 unspecified atom stereocenters. The first kappa shape index (κ1) is 18.5. The number of piperidine rings is 1. The third-order valence-corrected chi connectivity index (χ3v) is 4.73. The van der Waals surface area contributed by atoms with Gasteiger partial charge in [0.05, 0.1) is 6.61 Å². The number of benzene rings is 1. The van der Waals surface area contributed by atoms with E-state index in [0.29, 0.717) is 32.6 Å². The van der Waals surface area contributed by atoms with E-state index in [2.05, 4.69) is 0 Å². The predicted molar refractivity (Wildman–Crippen MR) is 93.4 cm³/mol. The Morgan fingerprint density at radius 2 is 1.88 bits per heavy atom. The first-order valence-electron chi connectivity index (χ1n) is 8.87. The topological polar surface area (TPSA) is 60.9 Å². The number of hydrogen-bond acceptors (Lipinski definition) is 3. The quantitative estimate of drug-likeness (QED) is 0.827. The van der Waals surface area contributed by atoms with Crippen LogP contribution in [0.1, 0.15) is 31.7 Å². The van der Waals surface area contributed by atoms with Crippen LogP contribution >= 0.6 is 0 Å². The molecule has 0 aromatic heterocycles. The molecule has 0 radical (unpaired) electrons. The van der Waals surface area contributed by atoms with E-state index in [-0.39, 0.29) is 24.3 Å². The van der Waals surface area contributed by atoms with E-state index in [4.69, 9.17) is 5.11 Å². The molecule has 5 heteroatoms. The Hall–Kier alpha value is -1.88. The van der Waals surface area contributed by atoms with E-state index < -0.39 is 0 Å². The zero-order valence-corrected chi connectivity index (χ0v) is 14.5. The molecule has 24 heavy (non-hydrogen) atoms. The van der Waals surface area contributed by atoms with Crippen molar-refractivity contribution < 1.29 is 14.7 Å². The molecule has 0 bridgehead atoms. The van der Waals surface area contributed by atoms with Crippen LogP contribution in [0.15, 0.2) is 30.3 Å². The Morgan fingerprint density at radius 1 is 1.21 bits per heavy atom. The summed E-state index contributed by atoms with van der Waals surface area (Å²) in [6.45, 7) is 4.24. The highest BCUT2D eigenvalue weighted by Gasteiger charge is 2.29. The summed E-state index contributed by atoms with van der Waals surface area (Å²) in [4.78, 5) is 28.3. The molecule has 1 heterocycles. The fourth-order valence-corrected chi connectivity index (χ4v) is 3.23. The van der Waals surface area contributed by atoms with Gasteiger partial charge in [0.1, 0.15) is 0 Å². The van der Waals surface area contributed by atoms with E-state index in [1.807, 2.05) is 42.2 Å². The number of aryl methyl sites for hydroxylation is 1. The van der Waals surface area contributed by atoms with Crippen LogP contribution in [0.3, 0.4) is 0 Å². The minimum absolute atomic E-state index is 0.00357. The Balaban J connectivity index is 1.77. The molecular weight excluding hydrogens is 304 g/mol. The summed E-state index contributed by atoms with van der Waals surface area (Å²) in [5, 5.41) is 9.04. The number of nitrogens with zero attached hydrogens (tertiary/aromatic N) is 2. The molecule has 2 rings (SSSR count). The molecule has 1 saturated heterocycles. The normalized spacial score (nSPS) is 15.3. The number of likely N-dealkylation sites (N-methyl/N-ethyl adjacent to an activating group) is 1. The second-order valence-corrected chi connectivity index (χ2v) is 6.28. The Labute approximate surface area is 144 Å². The van der Waals surface area contributed by atoms with Gasteiger partial charge in [0, 0.05) is 38.5 Å². The van der Waals surface area contributed by atoms with Gasteiger partial charge in [0.15, 0.2) is 0 Å². The van der Waals surface area contributed by atoms with Crippen LogP contribution in [0.25, 0.3) is 0 Å². The Bertz CT molecular complexity index is 525. The summed E-state index contributed by atoms with van der Waals surface area (Å²) in [6.07, 6.45) is 2.72. The highest BCUT2D eigenvalue weighted by molar-refractivity contribution is 5.80. The number of aliphatic hydroxyl groups excluding tert-OH is 1. The van der Waals surface area contributed by atoms with Crippen molar-refractivity contribution in [3.05, 3.63) is 35.9 Å². The molecule has 2 amide bonds. The van der Waals surface area contributed by atoms with Crippen LogP contribution in [0.2, 0.25) is 0 Å². The molecule has 1 fully saturated rings. The highest BCUT2D eigenvalue weighted by Crippen LogP contribution is 2.20. The lowest BCUT2D eigenvalue weighted by Crippen LogP contribution is -2.45. The maximum atomic E-state index is 12.4. The molecule has 0 atom stereocenters. The van der Waals surface area contributed by atoms with E-state index >= 15 is 0 Å². The van der Waals surface area contributed by atoms with Crippen LogP contribution in [-0.2, 0) is 16.0 Å². The monoisotopic (exact) mass is 332 g/mol. The van der Waals surface area contributed by atoms with Crippen LogP contribution in [0.5, 0.6) is 0 Å². The molecule has 0 spiro atoms. The van der Waals surface area contributed by atoms with Crippen LogP contribution in [0, 0.1) is 5.92 Å². The van der Waals surface area contributed by atoms with Gasteiger partial charge >= 0.3 is 0 Å². The highest BCUT2D eigenvalue weighted by atomic mass is 16.3. The first-order valence-corrected chi connectivity index (χ1v) is 8.87. The average molecular weight is 332 g/mol. The summed E-state index contributed by atoms with van der Waals surface area (Å²) in [5.74, 6) is 0.269. The molecule has 1 aliphatic heterocycles. The smallest absolute Gasteiger partial charge is 0.225 e. The standard InChI is InChI=1S/C19H28N2O3/c1-2-20(14-15-22)19(24)17-10-12-21(13-11-17)18(23)9-8-16-6-4-3-5-7-16/h3-7,17,22H,2,8-15H2,1H3. The summed E-state index contributed by atoms with van der Waals surface area (Å²) < 4.78 is 0. The maximum absolute atomic E-state index is 12.4. The fourth-order valence-electron chi connectivity index (χ4n) is 3.23. The molecular formula is C19H28N2O3. The van der Waals surface area contributed by atoms with Crippen LogP contribution in [-0.4, -0.2) is 59.5 Å². The zero-order chi connectivity index (χ0) is 17.4. The number of hydrogen-bond donors (Lipinski definition) is 1. The van der Waals surface area contributed by atoms with Gasteiger partial charge < -0.3 is 14.9 Å². The van der Waals surface area contributed by atoms with Crippen LogP contribution in [0.4, 0.5) is 0 Å². The average Bonchev–Trinajstić information content (AvgIpc) is 2.64. The molecule has 1 aliphatic rings. The van der Waals surface area contributed by atoms with Crippen molar-refractivity contribution in [2.24, 2.45) is 5.92 Å². The minimum Gasteiger partial charge on any atom is -0.395 e. The molecule has 0 saturated carbocycles. The van der Waals surface area contributed by atoms with E-state index in [1.165, 1.54) is 5.56 Å². The van der Waals surface area contributed by atoms with E-state index in [1.54, 1.807) is 4.90 Å². The lowest BCUT2D eigenvalue weighted by Gasteiger charge is -2.34. The maximum Gasteiger partial charge on any atom is 0.225 e. The lowest BCUT2D eigenvalue weighted by molar-refractivity contribution is -0.141. The van der Waals surface area contributed by atoms with Gasteiger partial charge in [-0.25, -0.2) is 0 Å². The third-order valence-electron chi connectivity index (χ3n) is 4.73. The van der Waals surface area contributed by atoms with E-state index in [0.717, 1.165) is 19.3 Å². The number of aliphatic hydroxyl groups is 1. The SMILES string of the molecule is CCN(CCO)C(=O)C1CCN(C(=O)CCc2ccccc2)CC1. The Morgan fingerprint density at radius 3 is 2.46 bits per heavy atom. The largest absolute Gasteiger partial charge is 0.395 e. The molecule has 5 nitrogen and oxygen atoms in total. The van der Waals surface area contributed by atoms with Crippen LogP contribution < -0.4 is 0 Å². The van der Waals surface area contributed by atoms with Gasteiger partial charge in [-0.1, -0.05) is 30.3 Å². The second-order valence-electron chi connectivity index (χ2n) is 6.28. The van der Waals surface area contributed by atoms with Gasteiger partial charge in [-0.2, -0.15) is 0 Å². The molecule has 1 aromatic carbocycles. The van der Waals surface area contributed by atoms with Crippen molar-refractivity contribution in [2.75, 3.05) is 32.8 Å². The number of amides is 2. The summed E-state index contributed by atoms with van der Waals surface area (Å²) in [7, 11) is 0. The number of likely N-dealkylation sites (tertiary alicyclic amines) is 1. The van der Waals surface area contributed by atoms with Crippen molar-refractivity contribution in [2.45, 2.75) is 32.6 Å². The summed E-state index contributed by atoms with van der Waals surface area (Å²) >= 11 is 0. The second kappa shape index (κ2) is 9.42. The van der Waals surface area contributed by atoms with Crippen molar-refractivity contribution in [3.8, 4) is 0 Å². The number of carbonyl (C=O) groups excluding carboxylic acids is 2. The van der Waals surface area contributed by atoms with Gasteiger partial charge in [-0.3, -0.25) is 9.59 Å². The predicted octanol–water partition coefficient (Wildman–Crippen LogP) is 1.70. The molecule has 1 aromatic rings. The molecule has 0 aliphatic carbocycles. The van der Waals surface area contributed by atoms with Crippen molar-refractivity contribution in [1.29, 1.82) is 0 Å².